The van der Waals surface area contributed by atoms with Gasteiger partial charge in [0.05, 0.1) is 19.1 Å². The van der Waals surface area contributed by atoms with Gasteiger partial charge in [-0.2, -0.15) is 0 Å². The number of piperazine rings is 1. The first-order valence-corrected chi connectivity index (χ1v) is 11.8. The molecule has 1 fully saturated rings. The molecule has 0 N–H and O–H groups in total. The number of carbonyl (C=O) groups is 2. The van der Waals surface area contributed by atoms with Gasteiger partial charge in [0.25, 0.3) is 0 Å². The summed E-state index contributed by atoms with van der Waals surface area (Å²) in [5.41, 5.74) is 1.75. The number of anilines is 2. The maximum Gasteiger partial charge on any atom is 0.243 e. The lowest BCUT2D eigenvalue weighted by Crippen LogP contribution is -2.52. The van der Waals surface area contributed by atoms with Crippen LogP contribution in [-0.2, 0) is 14.8 Å². The maximum atomic E-state index is 12.9. The molecule has 0 spiro atoms. The molecule has 1 aliphatic rings. The van der Waals surface area contributed by atoms with Gasteiger partial charge in [-0.3, -0.25) is 13.9 Å². The van der Waals surface area contributed by atoms with Crippen LogP contribution in [0.4, 0.5) is 11.4 Å². The van der Waals surface area contributed by atoms with Crippen molar-refractivity contribution in [3.63, 3.8) is 0 Å². The van der Waals surface area contributed by atoms with Crippen molar-refractivity contribution in [2.45, 2.75) is 6.92 Å². The molecule has 8 nitrogen and oxygen atoms in total. The summed E-state index contributed by atoms with van der Waals surface area (Å²) in [5.74, 6) is 0.344. The number of methoxy groups -OCH3 is 1. The Hall–Kier alpha value is -3.07. The van der Waals surface area contributed by atoms with E-state index in [1.807, 2.05) is 24.3 Å². The summed E-state index contributed by atoms with van der Waals surface area (Å²) in [6.07, 6.45) is 1.06. The second kappa shape index (κ2) is 9.38. The van der Waals surface area contributed by atoms with Crippen LogP contribution in [0, 0.1) is 0 Å². The SMILES string of the molecule is COc1ccc(N2CCN(C(=O)CN(c3cccc(C(C)=O)c3)S(C)(=O)=O)CC2)cc1. The van der Waals surface area contributed by atoms with Crippen molar-refractivity contribution in [1.82, 2.24) is 4.90 Å². The molecule has 1 aliphatic heterocycles. The smallest absolute Gasteiger partial charge is 0.243 e. The molecule has 1 amide bonds. The summed E-state index contributed by atoms with van der Waals surface area (Å²) >= 11 is 0. The molecular weight excluding hydrogens is 418 g/mol. The third kappa shape index (κ3) is 5.55. The molecule has 31 heavy (non-hydrogen) atoms. The van der Waals surface area contributed by atoms with Crippen LogP contribution in [0.25, 0.3) is 0 Å². The quantitative estimate of drug-likeness (QED) is 0.606. The fourth-order valence-electron chi connectivity index (χ4n) is 3.51. The third-order valence-electron chi connectivity index (χ3n) is 5.29. The summed E-state index contributed by atoms with van der Waals surface area (Å²) in [7, 11) is -2.08. The largest absolute Gasteiger partial charge is 0.497 e. The van der Waals surface area contributed by atoms with Crippen molar-refractivity contribution in [2.75, 3.05) is 55.3 Å². The van der Waals surface area contributed by atoms with Gasteiger partial charge in [-0.25, -0.2) is 8.42 Å². The van der Waals surface area contributed by atoms with E-state index in [2.05, 4.69) is 4.90 Å². The van der Waals surface area contributed by atoms with E-state index in [0.717, 1.165) is 22.0 Å². The van der Waals surface area contributed by atoms with Gasteiger partial charge in [0.2, 0.25) is 15.9 Å². The molecule has 0 unspecified atom stereocenters. The lowest BCUT2D eigenvalue weighted by Gasteiger charge is -2.37. The third-order valence-corrected chi connectivity index (χ3v) is 6.43. The Morgan fingerprint density at radius 3 is 2.23 bits per heavy atom. The second-order valence-corrected chi connectivity index (χ2v) is 9.35. The highest BCUT2D eigenvalue weighted by molar-refractivity contribution is 7.92. The molecule has 1 heterocycles. The summed E-state index contributed by atoms with van der Waals surface area (Å²) in [6.45, 7) is 3.40. The van der Waals surface area contributed by atoms with Gasteiger partial charge in [-0.1, -0.05) is 12.1 Å². The highest BCUT2D eigenvalue weighted by Gasteiger charge is 2.27. The molecule has 9 heteroatoms. The highest BCUT2D eigenvalue weighted by Crippen LogP contribution is 2.22. The number of amides is 1. The van der Waals surface area contributed by atoms with Crippen LogP contribution in [0.15, 0.2) is 48.5 Å². The van der Waals surface area contributed by atoms with Crippen molar-refractivity contribution in [3.8, 4) is 5.75 Å². The van der Waals surface area contributed by atoms with Crippen molar-refractivity contribution in [2.24, 2.45) is 0 Å². The number of benzene rings is 2. The zero-order valence-corrected chi connectivity index (χ0v) is 18.8. The molecule has 3 rings (SSSR count). The first-order chi connectivity index (χ1) is 14.7. The van der Waals surface area contributed by atoms with E-state index in [1.165, 1.54) is 13.0 Å². The number of hydrogen-bond acceptors (Lipinski definition) is 6. The Bertz CT molecular complexity index is 1050. The average molecular weight is 446 g/mol. The highest BCUT2D eigenvalue weighted by atomic mass is 32.2. The van der Waals surface area contributed by atoms with E-state index in [-0.39, 0.29) is 18.2 Å². The molecular formula is C22H27N3O5S. The first-order valence-electron chi connectivity index (χ1n) is 9.94. The van der Waals surface area contributed by atoms with E-state index in [0.29, 0.717) is 37.4 Å². The standard InChI is InChI=1S/C22H27N3O5S/c1-17(26)18-5-4-6-20(15-18)25(31(3,28)29)16-22(27)24-13-11-23(12-14-24)19-7-9-21(30-2)10-8-19/h4-10,15H,11-14,16H2,1-3H3. The van der Waals surface area contributed by atoms with E-state index in [4.69, 9.17) is 4.74 Å². The Kier molecular flexibility index (Phi) is 6.84. The van der Waals surface area contributed by atoms with Crippen molar-refractivity contribution < 1.29 is 22.7 Å². The minimum atomic E-state index is -3.70. The van der Waals surface area contributed by atoms with Gasteiger partial charge >= 0.3 is 0 Å². The van der Waals surface area contributed by atoms with Crippen molar-refractivity contribution in [1.29, 1.82) is 0 Å². The van der Waals surface area contributed by atoms with Crippen molar-refractivity contribution >= 4 is 33.1 Å². The summed E-state index contributed by atoms with van der Waals surface area (Å²) < 4.78 is 31.0. The molecule has 2 aromatic rings. The number of ether oxygens (including phenoxy) is 1. The molecule has 2 aromatic carbocycles. The van der Waals surface area contributed by atoms with Crippen LogP contribution in [0.2, 0.25) is 0 Å². The number of ketones is 1. The fraction of sp³-hybridized carbons (Fsp3) is 0.364. The van der Waals surface area contributed by atoms with Crippen LogP contribution in [0.3, 0.4) is 0 Å². The fourth-order valence-corrected chi connectivity index (χ4v) is 4.35. The van der Waals surface area contributed by atoms with Crippen LogP contribution in [0.5, 0.6) is 5.75 Å². The molecule has 0 radical (unpaired) electrons. The topological polar surface area (TPSA) is 87.2 Å². The normalized spacial score (nSPS) is 14.3. The van der Waals surface area contributed by atoms with Gasteiger partial charge in [0.1, 0.15) is 12.3 Å². The van der Waals surface area contributed by atoms with Gasteiger partial charge in [-0.15, -0.1) is 0 Å². The van der Waals surface area contributed by atoms with Gasteiger partial charge in [-0.05, 0) is 43.3 Å². The monoisotopic (exact) mass is 445 g/mol. The Morgan fingerprint density at radius 2 is 1.68 bits per heavy atom. The number of Topliss-reactive ketones (excluding diaryl/α,β-unsaturated/α-hetero) is 1. The van der Waals surface area contributed by atoms with E-state index in [9.17, 15) is 18.0 Å². The molecule has 166 valence electrons. The van der Waals surface area contributed by atoms with E-state index >= 15 is 0 Å². The molecule has 1 saturated heterocycles. The number of rotatable bonds is 7. The van der Waals surface area contributed by atoms with E-state index < -0.39 is 10.0 Å². The molecule has 0 aromatic heterocycles. The lowest BCUT2D eigenvalue weighted by atomic mass is 10.1. The predicted octanol–water partition coefficient (Wildman–Crippen LogP) is 2.01. The summed E-state index contributed by atoms with van der Waals surface area (Å²) in [5, 5.41) is 0. The van der Waals surface area contributed by atoms with Gasteiger partial charge < -0.3 is 14.5 Å². The van der Waals surface area contributed by atoms with Crippen LogP contribution in [-0.4, -0.2) is 71.1 Å². The second-order valence-electron chi connectivity index (χ2n) is 7.44. The Morgan fingerprint density at radius 1 is 1.03 bits per heavy atom. The van der Waals surface area contributed by atoms with Gasteiger partial charge in [0.15, 0.2) is 5.78 Å². The minimum Gasteiger partial charge on any atom is -0.497 e. The number of sulfonamides is 1. The maximum absolute atomic E-state index is 12.9. The zero-order valence-electron chi connectivity index (χ0n) is 17.9. The summed E-state index contributed by atoms with van der Waals surface area (Å²) in [6, 6.07) is 14.1. The molecule has 0 atom stereocenters. The Labute approximate surface area is 183 Å². The molecule has 0 saturated carbocycles. The zero-order chi connectivity index (χ0) is 22.6. The lowest BCUT2D eigenvalue weighted by molar-refractivity contribution is -0.129. The van der Waals surface area contributed by atoms with Crippen LogP contribution < -0.4 is 13.9 Å². The van der Waals surface area contributed by atoms with Gasteiger partial charge in [0, 0.05) is 37.4 Å². The number of nitrogens with zero attached hydrogens (tertiary/aromatic N) is 3. The average Bonchev–Trinajstić information content (AvgIpc) is 2.76. The van der Waals surface area contributed by atoms with E-state index in [1.54, 1.807) is 30.2 Å². The minimum absolute atomic E-state index is 0.170. The first kappa shape index (κ1) is 22.6. The molecule has 0 aliphatic carbocycles. The van der Waals surface area contributed by atoms with Crippen LogP contribution in [0.1, 0.15) is 17.3 Å². The number of carbonyl (C=O) groups excluding carboxylic acids is 2. The molecule has 0 bridgehead atoms. The number of hydrogen-bond donors (Lipinski definition) is 0. The predicted molar refractivity (Wildman–Crippen MR) is 120 cm³/mol. The van der Waals surface area contributed by atoms with Crippen LogP contribution >= 0.6 is 0 Å². The Balaban J connectivity index is 1.67. The summed E-state index contributed by atoms with van der Waals surface area (Å²) in [4.78, 5) is 28.4. The van der Waals surface area contributed by atoms with Crippen molar-refractivity contribution in [3.05, 3.63) is 54.1 Å².